The normalized spacial score (nSPS) is 28.0. The summed E-state index contributed by atoms with van der Waals surface area (Å²) in [5, 5.41) is 17.1. The van der Waals surface area contributed by atoms with Crippen molar-refractivity contribution in [3.63, 3.8) is 0 Å². The van der Waals surface area contributed by atoms with Crippen molar-refractivity contribution in [1.29, 1.82) is 0 Å². The molecule has 0 aromatic carbocycles. The molecule has 2 unspecified atom stereocenters. The average molecular weight is 299 g/mol. The Hall–Kier alpha value is -1.83. The number of rotatable bonds is 6. The molecule has 2 atom stereocenters. The zero-order chi connectivity index (χ0) is 15.5. The third-order valence-electron chi connectivity index (χ3n) is 3.91. The van der Waals surface area contributed by atoms with E-state index in [-0.39, 0.29) is 25.0 Å². The largest absolute Gasteiger partial charge is 0.481 e. The summed E-state index contributed by atoms with van der Waals surface area (Å²) < 4.78 is 5.14. The molecule has 1 heterocycles. The SMILES string of the molecule is CC1(C(=O)O)COCC1NC(=O)NCCNC(=O)C1CC1. The number of carbonyl (C=O) groups is 3. The van der Waals surface area contributed by atoms with E-state index >= 15 is 0 Å². The second-order valence-corrected chi connectivity index (χ2v) is 5.76. The van der Waals surface area contributed by atoms with Crippen molar-refractivity contribution >= 4 is 17.9 Å². The summed E-state index contributed by atoms with van der Waals surface area (Å²) in [7, 11) is 0. The highest BCUT2D eigenvalue weighted by molar-refractivity contribution is 5.81. The first-order valence-electron chi connectivity index (χ1n) is 7.06. The Kier molecular flexibility index (Phi) is 4.66. The van der Waals surface area contributed by atoms with Gasteiger partial charge in [0, 0.05) is 19.0 Å². The van der Waals surface area contributed by atoms with Crippen LogP contribution in [-0.2, 0) is 14.3 Å². The summed E-state index contributed by atoms with van der Waals surface area (Å²) in [6.45, 7) is 2.45. The highest BCUT2D eigenvalue weighted by Crippen LogP contribution is 2.29. The number of urea groups is 1. The van der Waals surface area contributed by atoms with E-state index in [9.17, 15) is 19.5 Å². The van der Waals surface area contributed by atoms with Gasteiger partial charge in [-0.3, -0.25) is 9.59 Å². The number of nitrogens with one attached hydrogen (secondary N) is 3. The number of ether oxygens (including phenoxy) is 1. The number of carboxylic acid groups (broad SMARTS) is 1. The molecule has 21 heavy (non-hydrogen) atoms. The molecule has 8 nitrogen and oxygen atoms in total. The lowest BCUT2D eigenvalue weighted by Gasteiger charge is -2.25. The Morgan fingerprint density at radius 3 is 2.52 bits per heavy atom. The van der Waals surface area contributed by atoms with Gasteiger partial charge < -0.3 is 25.8 Å². The third-order valence-corrected chi connectivity index (χ3v) is 3.91. The molecule has 0 bridgehead atoms. The second kappa shape index (κ2) is 6.30. The van der Waals surface area contributed by atoms with Crippen molar-refractivity contribution in [3.8, 4) is 0 Å². The van der Waals surface area contributed by atoms with Gasteiger partial charge in [-0.25, -0.2) is 4.79 Å². The lowest BCUT2D eigenvalue weighted by molar-refractivity contribution is -0.148. The van der Waals surface area contributed by atoms with Crippen LogP contribution < -0.4 is 16.0 Å². The van der Waals surface area contributed by atoms with Crippen molar-refractivity contribution in [1.82, 2.24) is 16.0 Å². The lowest BCUT2D eigenvalue weighted by Crippen LogP contribution is -2.53. The minimum Gasteiger partial charge on any atom is -0.481 e. The Labute approximate surface area is 122 Å². The maximum absolute atomic E-state index is 11.7. The zero-order valence-corrected chi connectivity index (χ0v) is 12.0. The highest BCUT2D eigenvalue weighted by atomic mass is 16.5. The average Bonchev–Trinajstić information content (AvgIpc) is 3.21. The molecule has 118 valence electrons. The van der Waals surface area contributed by atoms with Crippen molar-refractivity contribution in [2.75, 3.05) is 26.3 Å². The molecule has 0 spiro atoms. The highest BCUT2D eigenvalue weighted by Gasteiger charge is 2.47. The van der Waals surface area contributed by atoms with Crippen LogP contribution in [0.5, 0.6) is 0 Å². The number of hydrogen-bond acceptors (Lipinski definition) is 4. The number of carbonyl (C=O) groups excluding carboxylic acids is 2. The Morgan fingerprint density at radius 2 is 1.90 bits per heavy atom. The van der Waals surface area contributed by atoms with Crippen molar-refractivity contribution in [3.05, 3.63) is 0 Å². The van der Waals surface area contributed by atoms with Crippen LogP contribution in [-0.4, -0.2) is 55.4 Å². The molecule has 1 saturated carbocycles. The Morgan fingerprint density at radius 1 is 1.24 bits per heavy atom. The molecular formula is C13H21N3O5. The summed E-state index contributed by atoms with van der Waals surface area (Å²) in [5.74, 6) is -0.826. The maximum atomic E-state index is 11.7. The molecule has 1 aliphatic carbocycles. The minimum absolute atomic E-state index is 0.0276. The van der Waals surface area contributed by atoms with Gasteiger partial charge in [0.05, 0.1) is 19.3 Å². The zero-order valence-electron chi connectivity index (χ0n) is 12.0. The first-order valence-corrected chi connectivity index (χ1v) is 7.06. The number of aliphatic carboxylic acids is 1. The molecule has 2 aliphatic rings. The van der Waals surface area contributed by atoms with E-state index in [4.69, 9.17) is 4.74 Å². The van der Waals surface area contributed by atoms with Crippen LogP contribution in [0.3, 0.4) is 0 Å². The van der Waals surface area contributed by atoms with Gasteiger partial charge in [-0.2, -0.15) is 0 Å². The summed E-state index contributed by atoms with van der Waals surface area (Å²) >= 11 is 0. The fourth-order valence-corrected chi connectivity index (χ4v) is 2.15. The van der Waals surface area contributed by atoms with E-state index in [2.05, 4.69) is 16.0 Å². The van der Waals surface area contributed by atoms with Crippen LogP contribution in [0.2, 0.25) is 0 Å². The predicted octanol–water partition coefficient (Wildman–Crippen LogP) is -0.698. The van der Waals surface area contributed by atoms with Gasteiger partial charge in [0.1, 0.15) is 5.41 Å². The molecular weight excluding hydrogens is 278 g/mol. The minimum atomic E-state index is -1.11. The number of carboxylic acids is 1. The molecule has 2 fully saturated rings. The molecule has 0 radical (unpaired) electrons. The molecule has 1 aliphatic heterocycles. The van der Waals surface area contributed by atoms with Gasteiger partial charge in [-0.1, -0.05) is 0 Å². The van der Waals surface area contributed by atoms with Gasteiger partial charge in [-0.05, 0) is 19.8 Å². The second-order valence-electron chi connectivity index (χ2n) is 5.76. The van der Waals surface area contributed by atoms with E-state index in [1.54, 1.807) is 6.92 Å². The Balaban J connectivity index is 1.66. The number of amides is 3. The quantitative estimate of drug-likeness (QED) is 0.484. The van der Waals surface area contributed by atoms with E-state index in [1.165, 1.54) is 0 Å². The molecule has 0 aromatic rings. The lowest BCUT2D eigenvalue weighted by atomic mass is 9.85. The van der Waals surface area contributed by atoms with Crippen molar-refractivity contribution in [2.24, 2.45) is 11.3 Å². The van der Waals surface area contributed by atoms with Crippen LogP contribution in [0.1, 0.15) is 19.8 Å². The van der Waals surface area contributed by atoms with Gasteiger partial charge in [0.25, 0.3) is 0 Å². The molecule has 8 heteroatoms. The van der Waals surface area contributed by atoms with Gasteiger partial charge >= 0.3 is 12.0 Å². The van der Waals surface area contributed by atoms with Crippen LogP contribution in [0, 0.1) is 11.3 Å². The summed E-state index contributed by atoms with van der Waals surface area (Å²) in [6.07, 6.45) is 1.88. The monoisotopic (exact) mass is 299 g/mol. The fourth-order valence-electron chi connectivity index (χ4n) is 2.15. The first kappa shape index (κ1) is 15.6. The van der Waals surface area contributed by atoms with E-state index in [0.717, 1.165) is 12.8 Å². The topological polar surface area (TPSA) is 117 Å². The summed E-state index contributed by atoms with van der Waals surface area (Å²) in [4.78, 5) is 34.3. The van der Waals surface area contributed by atoms with Gasteiger partial charge in [-0.15, -0.1) is 0 Å². The molecule has 1 saturated heterocycles. The van der Waals surface area contributed by atoms with Crippen LogP contribution in [0.4, 0.5) is 4.79 Å². The number of hydrogen-bond donors (Lipinski definition) is 4. The van der Waals surface area contributed by atoms with Gasteiger partial charge in [0.15, 0.2) is 0 Å². The van der Waals surface area contributed by atoms with E-state index < -0.39 is 23.5 Å². The van der Waals surface area contributed by atoms with Crippen LogP contribution in [0.15, 0.2) is 0 Å². The van der Waals surface area contributed by atoms with Crippen LogP contribution >= 0.6 is 0 Å². The standard InChI is InChI=1S/C13H21N3O5/c1-13(11(18)19)7-21-6-9(13)16-12(20)15-5-4-14-10(17)8-2-3-8/h8-9H,2-7H2,1H3,(H,14,17)(H,18,19)(H2,15,16,20). The molecule has 0 aromatic heterocycles. The first-order chi connectivity index (χ1) is 9.93. The van der Waals surface area contributed by atoms with E-state index in [1.807, 2.05) is 0 Å². The molecule has 2 rings (SSSR count). The summed E-state index contributed by atoms with van der Waals surface area (Å²) in [5.41, 5.74) is -1.11. The van der Waals surface area contributed by atoms with Crippen molar-refractivity contribution in [2.45, 2.75) is 25.8 Å². The van der Waals surface area contributed by atoms with Gasteiger partial charge in [0.2, 0.25) is 5.91 Å². The van der Waals surface area contributed by atoms with E-state index in [0.29, 0.717) is 13.1 Å². The van der Waals surface area contributed by atoms with Crippen LogP contribution in [0.25, 0.3) is 0 Å². The fraction of sp³-hybridized carbons (Fsp3) is 0.769. The van der Waals surface area contributed by atoms with Crippen molar-refractivity contribution < 1.29 is 24.2 Å². The summed E-state index contributed by atoms with van der Waals surface area (Å²) in [6, 6.07) is -1.03. The maximum Gasteiger partial charge on any atom is 0.315 e. The smallest absolute Gasteiger partial charge is 0.315 e. The third kappa shape index (κ3) is 3.84. The predicted molar refractivity (Wildman–Crippen MR) is 72.6 cm³/mol. The molecule has 3 amide bonds. The Bertz CT molecular complexity index is 438. The molecule has 4 N–H and O–H groups in total.